The SMILES string of the molecule is CCc1cccc(-c2c(Cl)cncc2[C@](O)(CCCNC(=O)OC)[C@@H]2CCCN(C(=O)c3ccc(CNC)cc3)C2)c1. The molecule has 8 nitrogen and oxygen atoms in total. The lowest BCUT2D eigenvalue weighted by Crippen LogP contribution is -2.48. The molecular formula is C33H41ClN4O4. The van der Waals surface area contributed by atoms with Gasteiger partial charge in [-0.25, -0.2) is 4.79 Å². The van der Waals surface area contributed by atoms with E-state index in [0.29, 0.717) is 48.6 Å². The summed E-state index contributed by atoms with van der Waals surface area (Å²) in [5.74, 6) is -0.323. The molecule has 0 aliphatic carbocycles. The Hall–Kier alpha value is -3.46. The van der Waals surface area contributed by atoms with E-state index >= 15 is 0 Å². The number of aryl methyl sites for hydroxylation is 1. The van der Waals surface area contributed by atoms with Crippen molar-refractivity contribution in [3.05, 3.63) is 88.2 Å². The first kappa shape index (κ1) is 31.5. The number of aliphatic hydroxyl groups is 1. The monoisotopic (exact) mass is 592 g/mol. The first-order valence-electron chi connectivity index (χ1n) is 14.6. The van der Waals surface area contributed by atoms with Crippen molar-refractivity contribution in [1.82, 2.24) is 20.5 Å². The molecule has 0 saturated carbocycles. The second kappa shape index (κ2) is 14.6. The van der Waals surface area contributed by atoms with Crippen LogP contribution in [-0.2, 0) is 23.3 Å². The van der Waals surface area contributed by atoms with E-state index in [0.717, 1.165) is 48.1 Å². The molecule has 0 spiro atoms. The predicted octanol–water partition coefficient (Wildman–Crippen LogP) is 5.56. The molecule has 0 bridgehead atoms. The number of nitrogens with one attached hydrogen (secondary N) is 2. The number of piperidine rings is 1. The molecule has 3 N–H and O–H groups in total. The molecule has 0 unspecified atom stereocenters. The average Bonchev–Trinajstić information content (AvgIpc) is 3.03. The number of rotatable bonds is 11. The quantitative estimate of drug-likeness (QED) is 0.252. The van der Waals surface area contributed by atoms with Crippen LogP contribution in [0.15, 0.2) is 60.9 Å². The number of hydrogen-bond donors (Lipinski definition) is 3. The van der Waals surface area contributed by atoms with Crippen molar-refractivity contribution in [3.8, 4) is 11.1 Å². The fraction of sp³-hybridized carbons (Fsp3) is 0.424. The van der Waals surface area contributed by atoms with Crippen LogP contribution in [0.25, 0.3) is 11.1 Å². The Labute approximate surface area is 253 Å². The molecule has 9 heteroatoms. The highest BCUT2D eigenvalue weighted by molar-refractivity contribution is 6.33. The number of pyridine rings is 1. The van der Waals surface area contributed by atoms with E-state index in [1.165, 1.54) is 7.11 Å². The van der Waals surface area contributed by atoms with Gasteiger partial charge in [-0.15, -0.1) is 0 Å². The largest absolute Gasteiger partial charge is 0.453 e. The number of halogens is 1. The van der Waals surface area contributed by atoms with E-state index in [4.69, 9.17) is 16.3 Å². The molecule has 42 heavy (non-hydrogen) atoms. The maximum absolute atomic E-state index is 13.6. The van der Waals surface area contributed by atoms with Gasteiger partial charge in [-0.3, -0.25) is 9.78 Å². The van der Waals surface area contributed by atoms with Crippen LogP contribution >= 0.6 is 11.6 Å². The molecule has 1 aliphatic rings. The molecule has 2 amide bonds. The Morgan fingerprint density at radius 2 is 1.95 bits per heavy atom. The minimum atomic E-state index is -1.36. The highest BCUT2D eigenvalue weighted by Gasteiger charge is 2.43. The lowest BCUT2D eigenvalue weighted by atomic mass is 9.72. The Morgan fingerprint density at radius 3 is 2.67 bits per heavy atom. The van der Waals surface area contributed by atoms with Gasteiger partial charge < -0.3 is 25.4 Å². The number of ether oxygens (including phenoxy) is 1. The van der Waals surface area contributed by atoms with Crippen molar-refractivity contribution in [2.24, 2.45) is 5.92 Å². The van der Waals surface area contributed by atoms with Crippen LogP contribution in [0.5, 0.6) is 0 Å². The fourth-order valence-electron chi connectivity index (χ4n) is 5.89. The molecule has 1 aliphatic heterocycles. The van der Waals surface area contributed by atoms with Crippen molar-refractivity contribution in [2.75, 3.05) is 33.8 Å². The van der Waals surface area contributed by atoms with Gasteiger partial charge in [-0.1, -0.05) is 54.9 Å². The average molecular weight is 593 g/mol. The maximum atomic E-state index is 13.6. The molecule has 2 heterocycles. The minimum Gasteiger partial charge on any atom is -0.453 e. The van der Waals surface area contributed by atoms with Crippen molar-refractivity contribution < 1.29 is 19.4 Å². The third kappa shape index (κ3) is 7.30. The molecule has 1 fully saturated rings. The molecule has 1 saturated heterocycles. The van der Waals surface area contributed by atoms with Crippen LogP contribution in [0.1, 0.15) is 59.7 Å². The summed E-state index contributed by atoms with van der Waals surface area (Å²) in [6.45, 7) is 4.17. The third-order valence-electron chi connectivity index (χ3n) is 8.15. The molecule has 1 aromatic heterocycles. The van der Waals surface area contributed by atoms with Gasteiger partial charge in [0, 0.05) is 61.2 Å². The van der Waals surface area contributed by atoms with Crippen LogP contribution in [0.3, 0.4) is 0 Å². The zero-order valence-electron chi connectivity index (χ0n) is 24.7. The highest BCUT2D eigenvalue weighted by Crippen LogP contribution is 2.45. The number of methoxy groups -OCH3 is 1. The summed E-state index contributed by atoms with van der Waals surface area (Å²) >= 11 is 6.80. The number of carbonyl (C=O) groups is 2. The van der Waals surface area contributed by atoms with E-state index in [2.05, 4.69) is 34.7 Å². The second-order valence-electron chi connectivity index (χ2n) is 10.9. The van der Waals surface area contributed by atoms with Crippen molar-refractivity contribution in [1.29, 1.82) is 0 Å². The number of nitrogens with zero attached hydrogens (tertiary/aromatic N) is 2. The number of aromatic nitrogens is 1. The maximum Gasteiger partial charge on any atom is 0.406 e. The number of benzene rings is 2. The topological polar surface area (TPSA) is 104 Å². The summed E-state index contributed by atoms with van der Waals surface area (Å²) in [5.41, 5.74) is 3.83. The Balaban J connectivity index is 1.69. The Bertz CT molecular complexity index is 1370. The van der Waals surface area contributed by atoms with Crippen molar-refractivity contribution >= 4 is 23.6 Å². The first-order chi connectivity index (χ1) is 20.3. The summed E-state index contributed by atoms with van der Waals surface area (Å²) in [4.78, 5) is 31.5. The third-order valence-corrected chi connectivity index (χ3v) is 8.43. The number of carbonyl (C=O) groups excluding carboxylic acids is 2. The molecular weight excluding hydrogens is 552 g/mol. The summed E-state index contributed by atoms with van der Waals surface area (Å²) in [6.07, 6.45) is 5.97. The van der Waals surface area contributed by atoms with Crippen LogP contribution in [-0.4, -0.2) is 60.8 Å². The molecule has 0 radical (unpaired) electrons. The lowest BCUT2D eigenvalue weighted by Gasteiger charge is -2.43. The predicted molar refractivity (Wildman–Crippen MR) is 165 cm³/mol. The normalized spacial score (nSPS) is 16.5. The van der Waals surface area contributed by atoms with Crippen molar-refractivity contribution in [3.63, 3.8) is 0 Å². The number of hydrogen-bond acceptors (Lipinski definition) is 6. The van der Waals surface area contributed by atoms with Gasteiger partial charge in [0.25, 0.3) is 5.91 Å². The zero-order valence-corrected chi connectivity index (χ0v) is 25.4. The number of amides is 2. The van der Waals surface area contributed by atoms with Gasteiger partial charge >= 0.3 is 6.09 Å². The standard InChI is InChI=1S/C33H41ClN4O4/c1-4-23-8-5-9-26(18-23)30-28(20-36-21-29(30)34)33(41,15-7-16-37-32(40)42-3)27-10-6-17-38(22-27)31(39)25-13-11-24(12-14-25)19-35-2/h5,8-9,11-14,18,20-21,27,35,41H,4,6-7,10,15-17,19,22H2,1-3H3,(H,37,40)/t27-,33+/m1/s1. The summed E-state index contributed by atoms with van der Waals surface area (Å²) in [5, 5.41) is 19.0. The molecule has 2 aromatic carbocycles. The number of alkyl carbamates (subject to hydrolysis) is 1. The van der Waals surface area contributed by atoms with E-state index in [1.807, 2.05) is 48.3 Å². The number of likely N-dealkylation sites (tertiary alicyclic amines) is 1. The smallest absolute Gasteiger partial charge is 0.406 e. The van der Waals surface area contributed by atoms with Gasteiger partial charge in [-0.05, 0) is 68.0 Å². The summed E-state index contributed by atoms with van der Waals surface area (Å²) < 4.78 is 4.71. The zero-order chi connectivity index (χ0) is 30.1. The Kier molecular flexibility index (Phi) is 11.0. The van der Waals surface area contributed by atoms with E-state index in [9.17, 15) is 14.7 Å². The summed E-state index contributed by atoms with van der Waals surface area (Å²) in [6, 6.07) is 15.8. The van der Waals surface area contributed by atoms with Crippen LogP contribution in [0.4, 0.5) is 4.79 Å². The van der Waals surface area contributed by atoms with Crippen LogP contribution < -0.4 is 10.6 Å². The van der Waals surface area contributed by atoms with Gasteiger partial charge in [0.15, 0.2) is 0 Å². The molecule has 3 aromatic rings. The van der Waals surface area contributed by atoms with Gasteiger partial charge in [-0.2, -0.15) is 0 Å². The Morgan fingerprint density at radius 1 is 1.17 bits per heavy atom. The van der Waals surface area contributed by atoms with Crippen molar-refractivity contribution in [2.45, 2.75) is 51.2 Å². The van der Waals surface area contributed by atoms with E-state index < -0.39 is 11.7 Å². The molecule has 2 atom stereocenters. The van der Waals surface area contributed by atoms with Crippen LogP contribution in [0.2, 0.25) is 5.02 Å². The second-order valence-corrected chi connectivity index (χ2v) is 11.3. The highest BCUT2D eigenvalue weighted by atomic mass is 35.5. The first-order valence-corrected chi connectivity index (χ1v) is 15.0. The van der Waals surface area contributed by atoms with E-state index in [-0.39, 0.29) is 11.8 Å². The van der Waals surface area contributed by atoms with Gasteiger partial charge in [0.1, 0.15) is 0 Å². The molecule has 4 rings (SSSR count). The van der Waals surface area contributed by atoms with Gasteiger partial charge in [0.2, 0.25) is 0 Å². The minimum absolute atomic E-state index is 0.0505. The van der Waals surface area contributed by atoms with Gasteiger partial charge in [0.05, 0.1) is 17.7 Å². The molecule has 224 valence electrons. The van der Waals surface area contributed by atoms with E-state index in [1.54, 1.807) is 12.4 Å². The fourth-order valence-corrected chi connectivity index (χ4v) is 6.15. The lowest BCUT2D eigenvalue weighted by molar-refractivity contribution is -0.0565. The van der Waals surface area contributed by atoms with Crippen LogP contribution in [0, 0.1) is 5.92 Å². The summed E-state index contributed by atoms with van der Waals surface area (Å²) in [7, 11) is 3.21.